The first kappa shape index (κ1) is 14.0. The van der Waals surface area contributed by atoms with Crippen LogP contribution in [0.3, 0.4) is 0 Å². The van der Waals surface area contributed by atoms with Crippen LogP contribution in [0.5, 0.6) is 0 Å². The fraction of sp³-hybridized carbons (Fsp3) is 0.615. The van der Waals surface area contributed by atoms with Crippen molar-refractivity contribution < 1.29 is 4.79 Å². The maximum absolute atomic E-state index is 12.3. The van der Waals surface area contributed by atoms with Crippen molar-refractivity contribution in [1.82, 2.24) is 9.78 Å². The van der Waals surface area contributed by atoms with E-state index >= 15 is 0 Å². The Morgan fingerprint density at radius 1 is 1.47 bits per heavy atom. The molecule has 0 saturated heterocycles. The first-order chi connectivity index (χ1) is 8.99. The van der Waals surface area contributed by atoms with Crippen LogP contribution in [-0.4, -0.2) is 20.7 Å². The summed E-state index contributed by atoms with van der Waals surface area (Å²) in [5.74, 6) is 1.46. The van der Waals surface area contributed by atoms with E-state index in [-0.39, 0.29) is 16.8 Å². The van der Waals surface area contributed by atoms with Gasteiger partial charge in [0.2, 0.25) is 5.91 Å². The summed E-state index contributed by atoms with van der Waals surface area (Å²) in [5, 5.41) is 7.00. The molecule has 1 heterocycles. The number of anilines is 1. The summed E-state index contributed by atoms with van der Waals surface area (Å²) >= 11 is 4.96. The highest BCUT2D eigenvalue weighted by Gasteiger charge is 2.25. The van der Waals surface area contributed by atoms with Crippen molar-refractivity contribution in [2.45, 2.75) is 32.6 Å². The molecule has 104 valence electrons. The Bertz CT molecular complexity index is 489. The standard InChI is InChI=1S/C13H20N4OS/c1-8-3-5-9(6-4-8)13(18)16-12-10(11(14)19)7-15-17(12)2/h7-9H,3-6H2,1-2H3,(H2,14,19)(H,16,18). The van der Waals surface area contributed by atoms with Gasteiger partial charge in [-0.1, -0.05) is 19.1 Å². The molecule has 5 nitrogen and oxygen atoms in total. The van der Waals surface area contributed by atoms with Crippen LogP contribution in [0.1, 0.15) is 38.2 Å². The van der Waals surface area contributed by atoms with Crippen molar-refractivity contribution in [2.75, 3.05) is 5.32 Å². The number of hydrogen-bond donors (Lipinski definition) is 2. The van der Waals surface area contributed by atoms with E-state index in [9.17, 15) is 4.79 Å². The molecule has 1 saturated carbocycles. The average Bonchev–Trinajstić information content (AvgIpc) is 2.72. The van der Waals surface area contributed by atoms with Gasteiger partial charge >= 0.3 is 0 Å². The Morgan fingerprint density at radius 2 is 2.11 bits per heavy atom. The molecule has 1 amide bonds. The number of nitrogens with zero attached hydrogens (tertiary/aromatic N) is 2. The monoisotopic (exact) mass is 280 g/mol. The average molecular weight is 280 g/mol. The Balaban J connectivity index is 2.07. The van der Waals surface area contributed by atoms with Crippen LogP contribution >= 0.6 is 12.2 Å². The smallest absolute Gasteiger partial charge is 0.228 e. The zero-order valence-corrected chi connectivity index (χ0v) is 12.2. The molecule has 0 spiro atoms. The van der Waals surface area contributed by atoms with E-state index in [0.717, 1.165) is 31.6 Å². The van der Waals surface area contributed by atoms with Crippen LogP contribution in [-0.2, 0) is 11.8 Å². The second-order valence-electron chi connectivity index (χ2n) is 5.34. The predicted octanol–water partition coefficient (Wildman–Crippen LogP) is 1.82. The van der Waals surface area contributed by atoms with Gasteiger partial charge in [-0.3, -0.25) is 9.48 Å². The number of aryl methyl sites for hydroxylation is 1. The van der Waals surface area contributed by atoms with E-state index in [0.29, 0.717) is 11.4 Å². The molecule has 3 N–H and O–H groups in total. The van der Waals surface area contributed by atoms with E-state index in [4.69, 9.17) is 18.0 Å². The molecular formula is C13H20N4OS. The molecule has 19 heavy (non-hydrogen) atoms. The molecule has 1 aromatic heterocycles. The molecule has 0 aliphatic heterocycles. The number of nitrogens with two attached hydrogens (primary N) is 1. The number of hydrogen-bond acceptors (Lipinski definition) is 3. The third-order valence-corrected chi connectivity index (χ3v) is 4.05. The highest BCUT2D eigenvalue weighted by atomic mass is 32.1. The summed E-state index contributed by atoms with van der Waals surface area (Å²) in [4.78, 5) is 12.5. The lowest BCUT2D eigenvalue weighted by Crippen LogP contribution is -2.28. The minimum Gasteiger partial charge on any atom is -0.389 e. The molecule has 1 aliphatic carbocycles. The van der Waals surface area contributed by atoms with Crippen molar-refractivity contribution in [3.05, 3.63) is 11.8 Å². The summed E-state index contributed by atoms with van der Waals surface area (Å²) in [6.45, 7) is 2.24. The third-order valence-electron chi connectivity index (χ3n) is 3.83. The molecule has 6 heteroatoms. The minimum atomic E-state index is 0.0491. The van der Waals surface area contributed by atoms with Crippen molar-refractivity contribution in [3.63, 3.8) is 0 Å². The summed E-state index contributed by atoms with van der Waals surface area (Å²) in [7, 11) is 1.76. The summed E-state index contributed by atoms with van der Waals surface area (Å²) < 4.78 is 1.60. The van der Waals surface area contributed by atoms with Crippen LogP contribution in [0.2, 0.25) is 0 Å². The van der Waals surface area contributed by atoms with Gasteiger partial charge in [-0.05, 0) is 31.6 Å². The van der Waals surface area contributed by atoms with Crippen LogP contribution in [0.15, 0.2) is 6.20 Å². The molecule has 1 aliphatic rings. The second kappa shape index (κ2) is 5.69. The lowest BCUT2D eigenvalue weighted by molar-refractivity contribution is -0.121. The molecule has 0 bridgehead atoms. The predicted molar refractivity (Wildman–Crippen MR) is 78.8 cm³/mol. The maximum Gasteiger partial charge on any atom is 0.228 e. The van der Waals surface area contributed by atoms with E-state index in [2.05, 4.69) is 17.3 Å². The summed E-state index contributed by atoms with van der Waals surface area (Å²) in [6, 6.07) is 0. The SMILES string of the molecule is CC1CCC(C(=O)Nc2c(C(N)=S)cnn2C)CC1. The third kappa shape index (κ3) is 3.12. The van der Waals surface area contributed by atoms with E-state index in [1.807, 2.05) is 0 Å². The summed E-state index contributed by atoms with van der Waals surface area (Å²) in [5.41, 5.74) is 6.25. The van der Waals surface area contributed by atoms with Crippen LogP contribution < -0.4 is 11.1 Å². The van der Waals surface area contributed by atoms with E-state index in [1.165, 1.54) is 0 Å². The highest BCUT2D eigenvalue weighted by molar-refractivity contribution is 7.80. The quantitative estimate of drug-likeness (QED) is 0.828. The van der Waals surface area contributed by atoms with Gasteiger partial charge in [0.25, 0.3) is 0 Å². The Hall–Kier alpha value is -1.43. The molecule has 0 aromatic carbocycles. The maximum atomic E-state index is 12.3. The first-order valence-electron chi connectivity index (χ1n) is 6.61. The van der Waals surface area contributed by atoms with Gasteiger partial charge in [0.05, 0.1) is 11.8 Å². The van der Waals surface area contributed by atoms with Crippen LogP contribution in [0, 0.1) is 11.8 Å². The molecule has 0 radical (unpaired) electrons. The highest BCUT2D eigenvalue weighted by Crippen LogP contribution is 2.29. The van der Waals surface area contributed by atoms with Crippen molar-refractivity contribution in [2.24, 2.45) is 24.6 Å². The Morgan fingerprint density at radius 3 is 2.68 bits per heavy atom. The van der Waals surface area contributed by atoms with Gasteiger partial charge in [-0.15, -0.1) is 0 Å². The minimum absolute atomic E-state index is 0.0491. The molecule has 1 fully saturated rings. The number of thiocarbonyl (C=S) groups is 1. The van der Waals surface area contributed by atoms with Crippen LogP contribution in [0.4, 0.5) is 5.82 Å². The molecular weight excluding hydrogens is 260 g/mol. The number of rotatable bonds is 3. The number of carbonyl (C=O) groups excluding carboxylic acids is 1. The summed E-state index contributed by atoms with van der Waals surface area (Å²) in [6.07, 6.45) is 5.72. The van der Waals surface area contributed by atoms with Gasteiger partial charge in [0.1, 0.15) is 10.8 Å². The van der Waals surface area contributed by atoms with Crippen molar-refractivity contribution in [1.29, 1.82) is 0 Å². The lowest BCUT2D eigenvalue weighted by Gasteiger charge is -2.25. The van der Waals surface area contributed by atoms with Gasteiger partial charge in [-0.2, -0.15) is 5.10 Å². The molecule has 0 unspecified atom stereocenters. The number of carbonyl (C=O) groups is 1. The normalized spacial score (nSPS) is 23.1. The van der Waals surface area contributed by atoms with Gasteiger partial charge < -0.3 is 11.1 Å². The van der Waals surface area contributed by atoms with Crippen molar-refractivity contribution in [3.8, 4) is 0 Å². The van der Waals surface area contributed by atoms with Gasteiger partial charge in [-0.25, -0.2) is 0 Å². The lowest BCUT2D eigenvalue weighted by atomic mass is 9.82. The van der Waals surface area contributed by atoms with Crippen molar-refractivity contribution >= 4 is 28.9 Å². The molecule has 0 atom stereocenters. The largest absolute Gasteiger partial charge is 0.389 e. The Kier molecular flexibility index (Phi) is 4.19. The fourth-order valence-corrected chi connectivity index (χ4v) is 2.66. The zero-order chi connectivity index (χ0) is 14.0. The Labute approximate surface area is 118 Å². The number of amides is 1. The van der Waals surface area contributed by atoms with Gasteiger partial charge in [0.15, 0.2) is 0 Å². The number of nitrogens with one attached hydrogen (secondary N) is 1. The fourth-order valence-electron chi connectivity index (χ4n) is 2.51. The van der Waals surface area contributed by atoms with Gasteiger partial charge in [0, 0.05) is 13.0 Å². The second-order valence-corrected chi connectivity index (χ2v) is 5.78. The van der Waals surface area contributed by atoms with Crippen LogP contribution in [0.25, 0.3) is 0 Å². The van der Waals surface area contributed by atoms with E-state index < -0.39 is 0 Å². The molecule has 2 rings (SSSR count). The molecule has 1 aromatic rings. The zero-order valence-electron chi connectivity index (χ0n) is 11.3. The van der Waals surface area contributed by atoms with E-state index in [1.54, 1.807) is 17.9 Å². The first-order valence-corrected chi connectivity index (χ1v) is 7.02. The number of aromatic nitrogens is 2. The topological polar surface area (TPSA) is 72.9 Å².